The fourth-order valence-corrected chi connectivity index (χ4v) is 4.04. The van der Waals surface area contributed by atoms with E-state index in [1.807, 2.05) is 31.7 Å². The van der Waals surface area contributed by atoms with Crippen LogP contribution in [-0.4, -0.2) is 72.9 Å². The van der Waals surface area contributed by atoms with E-state index in [1.54, 1.807) is 31.3 Å². The van der Waals surface area contributed by atoms with Crippen LogP contribution in [0.15, 0.2) is 87.8 Å². The van der Waals surface area contributed by atoms with Gasteiger partial charge in [0.1, 0.15) is 17.5 Å². The summed E-state index contributed by atoms with van der Waals surface area (Å²) in [6.45, 7) is 15.8. The van der Waals surface area contributed by atoms with Crippen LogP contribution in [0.1, 0.15) is 51.7 Å². The molecule has 2 aromatic carbocycles. The van der Waals surface area contributed by atoms with Crippen LogP contribution < -0.4 is 0 Å². The summed E-state index contributed by atoms with van der Waals surface area (Å²) in [4.78, 5) is 29.0. The Kier molecular flexibility index (Phi) is 13.6. The van der Waals surface area contributed by atoms with Crippen molar-refractivity contribution in [1.82, 2.24) is 9.80 Å². The molecule has 1 aliphatic heterocycles. The van der Waals surface area contributed by atoms with E-state index in [9.17, 15) is 13.6 Å². The summed E-state index contributed by atoms with van der Waals surface area (Å²) in [5.41, 5.74) is 3.46. The molecule has 40 heavy (non-hydrogen) atoms. The zero-order valence-electron chi connectivity index (χ0n) is 24.3. The quantitative estimate of drug-likeness (QED) is 0.230. The number of piperazine rings is 1. The van der Waals surface area contributed by atoms with Crippen molar-refractivity contribution in [1.29, 1.82) is 0 Å². The Morgan fingerprint density at radius 3 is 1.85 bits per heavy atom. The first-order chi connectivity index (χ1) is 19.3. The van der Waals surface area contributed by atoms with Crippen molar-refractivity contribution in [3.05, 3.63) is 95.6 Å². The van der Waals surface area contributed by atoms with E-state index in [-0.39, 0.29) is 17.5 Å². The zero-order chi connectivity index (χ0) is 29.5. The molecule has 0 bridgehead atoms. The maximum absolute atomic E-state index is 12.9. The van der Waals surface area contributed by atoms with E-state index in [0.717, 1.165) is 61.8 Å². The molecule has 1 fully saturated rings. The van der Waals surface area contributed by atoms with E-state index >= 15 is 0 Å². The van der Waals surface area contributed by atoms with Gasteiger partial charge in [0.05, 0.1) is 0 Å². The fourth-order valence-electron chi connectivity index (χ4n) is 4.04. The van der Waals surface area contributed by atoms with Crippen LogP contribution in [0, 0.1) is 11.6 Å². The second-order valence-electron chi connectivity index (χ2n) is 9.09. The van der Waals surface area contributed by atoms with Gasteiger partial charge in [0, 0.05) is 57.5 Å². The van der Waals surface area contributed by atoms with Gasteiger partial charge in [-0.15, -0.1) is 0 Å². The van der Waals surface area contributed by atoms with Crippen molar-refractivity contribution < 1.29 is 13.6 Å². The van der Waals surface area contributed by atoms with Gasteiger partial charge in [0.15, 0.2) is 5.84 Å². The molecule has 214 valence electrons. The number of amides is 1. The van der Waals surface area contributed by atoms with Gasteiger partial charge < -0.3 is 9.80 Å². The van der Waals surface area contributed by atoms with Crippen LogP contribution in [0.5, 0.6) is 0 Å². The van der Waals surface area contributed by atoms with Crippen LogP contribution >= 0.6 is 0 Å². The first-order valence-electron chi connectivity index (χ1n) is 13.7. The van der Waals surface area contributed by atoms with Crippen LogP contribution in [-0.2, 0) is 4.79 Å². The minimum absolute atomic E-state index is 0.245. The molecule has 1 amide bonds. The maximum atomic E-state index is 12.9. The van der Waals surface area contributed by atoms with E-state index in [1.165, 1.54) is 29.8 Å². The summed E-state index contributed by atoms with van der Waals surface area (Å²) in [6.07, 6.45) is 5.56. The van der Waals surface area contributed by atoms with Gasteiger partial charge >= 0.3 is 0 Å². The van der Waals surface area contributed by atoms with Gasteiger partial charge in [-0.3, -0.25) is 14.8 Å². The molecular formula is C32H41F2N5O. The Balaban J connectivity index is 0.000000280. The first-order valence-corrected chi connectivity index (χ1v) is 13.7. The number of amidine groups is 2. The van der Waals surface area contributed by atoms with Crippen molar-refractivity contribution in [3.63, 3.8) is 0 Å². The molecule has 0 unspecified atom stereocenters. The van der Waals surface area contributed by atoms with Gasteiger partial charge in [-0.2, -0.15) is 0 Å². The smallest absolute Gasteiger partial charge is 0.222 e. The van der Waals surface area contributed by atoms with E-state index < -0.39 is 0 Å². The molecule has 2 aromatic rings. The first kappa shape index (κ1) is 32.3. The van der Waals surface area contributed by atoms with Crippen molar-refractivity contribution in [3.8, 4) is 0 Å². The molecule has 1 saturated heterocycles. The van der Waals surface area contributed by atoms with Gasteiger partial charge in [-0.05, 0) is 73.9 Å². The van der Waals surface area contributed by atoms with Crippen molar-refractivity contribution in [2.24, 2.45) is 15.0 Å². The molecule has 1 heterocycles. The summed E-state index contributed by atoms with van der Waals surface area (Å²) in [5, 5.41) is 0. The molecule has 0 aliphatic carbocycles. The van der Waals surface area contributed by atoms with E-state index in [0.29, 0.717) is 12.3 Å². The molecule has 8 heteroatoms. The third kappa shape index (κ3) is 9.98. The molecule has 0 N–H and O–H groups in total. The molecule has 1 aliphatic rings. The average molecular weight is 550 g/mol. The standard InChI is InChI=1S/C16H14F2N2.C16H27N3O/c1-11(12-3-7-14(17)8-4-12)20-16(19-2)13-5-9-15(18)10-6-13;1-5-14(6-2)13-15(17-8-4)18-9-11-19(12-10-18)16(20)7-3/h3-10H,1-2H3;5,13H,1,6-12H2,2-4H3/b;14-13+,17-15?. The lowest BCUT2D eigenvalue weighted by atomic mass is 10.1. The van der Waals surface area contributed by atoms with Gasteiger partial charge in [0.2, 0.25) is 5.91 Å². The number of halogens is 2. The van der Waals surface area contributed by atoms with Crippen molar-refractivity contribution in [2.75, 3.05) is 39.8 Å². The number of benzene rings is 2. The lowest BCUT2D eigenvalue weighted by Gasteiger charge is -2.36. The van der Waals surface area contributed by atoms with Crippen LogP contribution in [0.4, 0.5) is 8.78 Å². The summed E-state index contributed by atoms with van der Waals surface area (Å²) in [6, 6.07) is 12.1. The highest BCUT2D eigenvalue weighted by molar-refractivity contribution is 6.11. The topological polar surface area (TPSA) is 60.6 Å². The largest absolute Gasteiger partial charge is 0.353 e. The molecule has 3 rings (SSSR count). The summed E-state index contributed by atoms with van der Waals surface area (Å²) < 4.78 is 25.8. The molecular weight excluding hydrogens is 508 g/mol. The SMILES string of the molecule is C=C/C(=C\C(=NCC)N1CCN(C(=O)CC)CC1)CC.CN=C(N=C(C)c1ccc(F)cc1)c1ccc(F)cc1. The maximum Gasteiger partial charge on any atom is 0.222 e. The number of carbonyl (C=O) groups is 1. The number of rotatable bonds is 7. The highest BCUT2D eigenvalue weighted by Crippen LogP contribution is 2.11. The minimum Gasteiger partial charge on any atom is -0.353 e. The van der Waals surface area contributed by atoms with Gasteiger partial charge in [-0.1, -0.05) is 38.6 Å². The summed E-state index contributed by atoms with van der Waals surface area (Å²) in [7, 11) is 1.63. The average Bonchev–Trinajstić information content (AvgIpc) is 2.98. The highest BCUT2D eigenvalue weighted by Gasteiger charge is 2.21. The minimum atomic E-state index is -0.302. The predicted octanol–water partition coefficient (Wildman–Crippen LogP) is 6.33. The number of aliphatic imine (C=N–C) groups is 3. The molecule has 6 nitrogen and oxygen atoms in total. The Bertz CT molecular complexity index is 1220. The number of hydrogen-bond acceptors (Lipinski definition) is 3. The number of allylic oxidation sites excluding steroid dienone is 2. The Labute approximate surface area is 237 Å². The van der Waals surface area contributed by atoms with Crippen molar-refractivity contribution >= 4 is 23.3 Å². The van der Waals surface area contributed by atoms with Gasteiger partial charge in [-0.25, -0.2) is 13.8 Å². The lowest BCUT2D eigenvalue weighted by molar-refractivity contribution is -0.132. The molecule has 0 radical (unpaired) electrons. The van der Waals surface area contributed by atoms with E-state index in [4.69, 9.17) is 0 Å². The van der Waals surface area contributed by atoms with Crippen LogP contribution in [0.25, 0.3) is 0 Å². The lowest BCUT2D eigenvalue weighted by Crippen LogP contribution is -2.50. The number of hydrogen-bond donors (Lipinski definition) is 0. The molecule has 0 spiro atoms. The second kappa shape index (κ2) is 16.9. The Hall–Kier alpha value is -3.94. The summed E-state index contributed by atoms with van der Waals surface area (Å²) >= 11 is 0. The molecule has 0 atom stereocenters. The fraction of sp³-hybridized carbons (Fsp3) is 0.375. The third-order valence-corrected chi connectivity index (χ3v) is 6.41. The van der Waals surface area contributed by atoms with Crippen molar-refractivity contribution in [2.45, 2.75) is 40.5 Å². The zero-order valence-corrected chi connectivity index (χ0v) is 24.3. The summed E-state index contributed by atoms with van der Waals surface area (Å²) in [5.74, 6) is 1.18. The third-order valence-electron chi connectivity index (χ3n) is 6.41. The second-order valence-corrected chi connectivity index (χ2v) is 9.09. The Morgan fingerprint density at radius 2 is 1.40 bits per heavy atom. The van der Waals surface area contributed by atoms with Gasteiger partial charge in [0.25, 0.3) is 0 Å². The van der Waals surface area contributed by atoms with Crippen LogP contribution in [0.2, 0.25) is 0 Å². The van der Waals surface area contributed by atoms with Crippen LogP contribution in [0.3, 0.4) is 0 Å². The Morgan fingerprint density at radius 1 is 0.875 bits per heavy atom. The number of carbonyl (C=O) groups excluding carboxylic acids is 1. The highest BCUT2D eigenvalue weighted by atomic mass is 19.1. The monoisotopic (exact) mass is 549 g/mol. The number of nitrogens with zero attached hydrogens (tertiary/aromatic N) is 5. The molecule has 0 saturated carbocycles. The van der Waals surface area contributed by atoms with E-state index in [2.05, 4.69) is 39.5 Å². The predicted molar refractivity (Wildman–Crippen MR) is 162 cm³/mol. The molecule has 0 aromatic heterocycles. The normalized spacial score (nSPS) is 15.0.